The standard InChI is InChI=1S/C12H13ClF3N/c1-2-3-4-11(17)9-6-5-8(13)7-10(9)12(14,15)16/h2,5-7,11H,1,3-4,17H2/t11-/m1/s1. The summed E-state index contributed by atoms with van der Waals surface area (Å²) in [6, 6.07) is 2.99. The van der Waals surface area contributed by atoms with Crippen molar-refractivity contribution in [3.63, 3.8) is 0 Å². The van der Waals surface area contributed by atoms with Crippen LogP contribution in [0.5, 0.6) is 0 Å². The van der Waals surface area contributed by atoms with E-state index in [0.29, 0.717) is 12.8 Å². The van der Waals surface area contributed by atoms with Gasteiger partial charge in [0.25, 0.3) is 0 Å². The molecular weight excluding hydrogens is 251 g/mol. The van der Waals surface area contributed by atoms with Crippen LogP contribution in [0.1, 0.15) is 30.0 Å². The Morgan fingerprint density at radius 2 is 2.06 bits per heavy atom. The maximum absolute atomic E-state index is 12.8. The van der Waals surface area contributed by atoms with Gasteiger partial charge in [-0.3, -0.25) is 0 Å². The van der Waals surface area contributed by atoms with Crippen molar-refractivity contribution in [3.8, 4) is 0 Å². The first-order valence-electron chi connectivity index (χ1n) is 5.09. The van der Waals surface area contributed by atoms with Gasteiger partial charge in [-0.05, 0) is 30.5 Å². The molecule has 1 aromatic carbocycles. The minimum Gasteiger partial charge on any atom is -0.324 e. The van der Waals surface area contributed by atoms with Crippen LogP contribution in [-0.4, -0.2) is 0 Å². The molecule has 1 rings (SSSR count). The van der Waals surface area contributed by atoms with E-state index in [1.807, 2.05) is 0 Å². The average Bonchev–Trinajstić information content (AvgIpc) is 2.24. The third-order valence-corrected chi connectivity index (χ3v) is 2.64. The number of nitrogens with two attached hydrogens (primary N) is 1. The van der Waals surface area contributed by atoms with Gasteiger partial charge >= 0.3 is 6.18 Å². The van der Waals surface area contributed by atoms with E-state index in [2.05, 4.69) is 6.58 Å². The molecule has 0 aromatic heterocycles. The fourth-order valence-electron chi connectivity index (χ4n) is 1.55. The lowest BCUT2D eigenvalue weighted by Gasteiger charge is -2.18. The molecule has 0 saturated heterocycles. The second-order valence-electron chi connectivity index (χ2n) is 3.70. The highest BCUT2D eigenvalue weighted by molar-refractivity contribution is 6.30. The molecule has 0 heterocycles. The molecule has 0 aliphatic carbocycles. The molecular formula is C12H13ClF3N. The van der Waals surface area contributed by atoms with Gasteiger partial charge in [0.05, 0.1) is 5.56 Å². The Morgan fingerprint density at radius 1 is 1.41 bits per heavy atom. The number of hydrogen-bond acceptors (Lipinski definition) is 1. The van der Waals surface area contributed by atoms with Crippen molar-refractivity contribution in [3.05, 3.63) is 47.0 Å². The van der Waals surface area contributed by atoms with Gasteiger partial charge in [-0.2, -0.15) is 13.2 Å². The van der Waals surface area contributed by atoms with Crippen LogP contribution in [0.25, 0.3) is 0 Å². The second kappa shape index (κ2) is 5.56. The van der Waals surface area contributed by atoms with Crippen molar-refractivity contribution in [2.75, 3.05) is 0 Å². The van der Waals surface area contributed by atoms with E-state index >= 15 is 0 Å². The molecule has 1 nitrogen and oxygen atoms in total. The molecule has 0 saturated carbocycles. The first kappa shape index (κ1) is 14.1. The van der Waals surface area contributed by atoms with Crippen LogP contribution in [0.4, 0.5) is 13.2 Å². The molecule has 0 bridgehead atoms. The fraction of sp³-hybridized carbons (Fsp3) is 0.333. The summed E-state index contributed by atoms with van der Waals surface area (Å²) in [5, 5.41) is 0.0528. The largest absolute Gasteiger partial charge is 0.416 e. The predicted octanol–water partition coefficient (Wildman–Crippen LogP) is 4.32. The van der Waals surface area contributed by atoms with Crippen LogP contribution in [0, 0.1) is 0 Å². The Hall–Kier alpha value is -1.00. The minimum atomic E-state index is -4.44. The lowest BCUT2D eigenvalue weighted by Crippen LogP contribution is -2.17. The van der Waals surface area contributed by atoms with Crippen molar-refractivity contribution in [1.29, 1.82) is 0 Å². The van der Waals surface area contributed by atoms with Crippen LogP contribution in [0.3, 0.4) is 0 Å². The molecule has 5 heteroatoms. The monoisotopic (exact) mass is 263 g/mol. The van der Waals surface area contributed by atoms with Crippen molar-refractivity contribution in [2.24, 2.45) is 5.73 Å². The van der Waals surface area contributed by atoms with Gasteiger partial charge in [0, 0.05) is 11.1 Å². The Kier molecular flexibility index (Phi) is 4.60. The maximum Gasteiger partial charge on any atom is 0.416 e. The molecule has 1 atom stereocenters. The van der Waals surface area contributed by atoms with Gasteiger partial charge in [0.15, 0.2) is 0 Å². The minimum absolute atomic E-state index is 0.0528. The zero-order valence-corrected chi connectivity index (χ0v) is 9.85. The summed E-state index contributed by atoms with van der Waals surface area (Å²) in [6.07, 6.45) is -1.82. The van der Waals surface area contributed by atoms with E-state index in [9.17, 15) is 13.2 Å². The van der Waals surface area contributed by atoms with E-state index < -0.39 is 17.8 Å². The topological polar surface area (TPSA) is 26.0 Å². The SMILES string of the molecule is C=CCC[C@@H](N)c1ccc(Cl)cc1C(F)(F)F. The predicted molar refractivity (Wildman–Crippen MR) is 62.8 cm³/mol. The summed E-state index contributed by atoms with van der Waals surface area (Å²) >= 11 is 5.57. The fourth-order valence-corrected chi connectivity index (χ4v) is 1.72. The van der Waals surface area contributed by atoms with Crippen molar-refractivity contribution >= 4 is 11.6 Å². The lowest BCUT2D eigenvalue weighted by atomic mass is 9.97. The maximum atomic E-state index is 12.8. The van der Waals surface area contributed by atoms with Crippen LogP contribution in [-0.2, 0) is 6.18 Å². The molecule has 0 radical (unpaired) electrons. The molecule has 94 valence electrons. The smallest absolute Gasteiger partial charge is 0.324 e. The third-order valence-electron chi connectivity index (χ3n) is 2.40. The number of rotatable bonds is 4. The normalized spacial score (nSPS) is 13.5. The van der Waals surface area contributed by atoms with E-state index in [-0.39, 0.29) is 10.6 Å². The van der Waals surface area contributed by atoms with Crippen molar-refractivity contribution in [1.82, 2.24) is 0 Å². The summed E-state index contributed by atoms with van der Waals surface area (Å²) in [5.41, 5.74) is 5.05. The first-order valence-corrected chi connectivity index (χ1v) is 5.47. The summed E-state index contributed by atoms with van der Waals surface area (Å²) in [4.78, 5) is 0. The van der Waals surface area contributed by atoms with Crippen molar-refractivity contribution < 1.29 is 13.2 Å². The molecule has 1 aromatic rings. The summed E-state index contributed by atoms with van der Waals surface area (Å²) < 4.78 is 38.3. The first-order chi connectivity index (χ1) is 7.86. The van der Waals surface area contributed by atoms with Crippen LogP contribution >= 0.6 is 11.6 Å². The molecule has 0 spiro atoms. The third kappa shape index (κ3) is 3.75. The Labute approximate surface area is 103 Å². The Balaban J connectivity index is 3.10. The van der Waals surface area contributed by atoms with E-state index in [0.717, 1.165) is 6.07 Å². The highest BCUT2D eigenvalue weighted by atomic mass is 35.5. The summed E-state index contributed by atoms with van der Waals surface area (Å²) in [7, 11) is 0. The number of alkyl halides is 3. The van der Waals surface area contributed by atoms with Crippen molar-refractivity contribution in [2.45, 2.75) is 25.1 Å². The molecule has 0 aliphatic heterocycles. The van der Waals surface area contributed by atoms with E-state index in [1.54, 1.807) is 6.08 Å². The molecule has 0 fully saturated rings. The lowest BCUT2D eigenvalue weighted by molar-refractivity contribution is -0.138. The molecule has 0 amide bonds. The number of halogens is 4. The average molecular weight is 264 g/mol. The van der Waals surface area contributed by atoms with Crippen LogP contribution in [0.2, 0.25) is 5.02 Å². The van der Waals surface area contributed by atoms with Gasteiger partial charge in [-0.1, -0.05) is 23.7 Å². The molecule has 0 unspecified atom stereocenters. The zero-order chi connectivity index (χ0) is 13.1. The highest BCUT2D eigenvalue weighted by Gasteiger charge is 2.34. The van der Waals surface area contributed by atoms with E-state index in [4.69, 9.17) is 17.3 Å². The van der Waals surface area contributed by atoms with Gasteiger partial charge in [0.2, 0.25) is 0 Å². The Bertz CT molecular complexity index is 401. The van der Waals surface area contributed by atoms with E-state index in [1.165, 1.54) is 12.1 Å². The molecule has 0 aliphatic rings. The van der Waals surface area contributed by atoms with Gasteiger partial charge in [-0.15, -0.1) is 6.58 Å². The summed E-state index contributed by atoms with van der Waals surface area (Å²) in [5.74, 6) is 0. The van der Waals surface area contributed by atoms with Crippen LogP contribution in [0.15, 0.2) is 30.9 Å². The van der Waals surface area contributed by atoms with Gasteiger partial charge in [-0.25, -0.2) is 0 Å². The van der Waals surface area contributed by atoms with Gasteiger partial charge < -0.3 is 5.73 Å². The Morgan fingerprint density at radius 3 is 2.59 bits per heavy atom. The summed E-state index contributed by atoms with van der Waals surface area (Å²) in [6.45, 7) is 3.51. The number of allylic oxidation sites excluding steroid dienone is 1. The second-order valence-corrected chi connectivity index (χ2v) is 4.14. The van der Waals surface area contributed by atoms with Crippen LogP contribution < -0.4 is 5.73 Å². The number of benzene rings is 1. The van der Waals surface area contributed by atoms with Gasteiger partial charge in [0.1, 0.15) is 0 Å². The number of hydrogen-bond donors (Lipinski definition) is 1. The zero-order valence-electron chi connectivity index (χ0n) is 9.10. The quantitative estimate of drug-likeness (QED) is 0.804. The molecule has 2 N–H and O–H groups in total. The highest BCUT2D eigenvalue weighted by Crippen LogP contribution is 2.36. The molecule has 17 heavy (non-hydrogen) atoms.